The van der Waals surface area contributed by atoms with E-state index >= 15 is 0 Å². The van der Waals surface area contributed by atoms with Crippen LogP contribution in [0.25, 0.3) is 0 Å². The van der Waals surface area contributed by atoms with Crippen LogP contribution in [0.4, 0.5) is 0 Å². The molecule has 1 aromatic carbocycles. The molecule has 0 spiro atoms. The molecule has 0 heterocycles. The van der Waals surface area contributed by atoms with E-state index in [0.717, 1.165) is 18.4 Å². The molecule has 2 unspecified atom stereocenters. The highest BCUT2D eigenvalue weighted by atomic mass is 32.1. The van der Waals surface area contributed by atoms with Gasteiger partial charge in [-0.3, -0.25) is 4.79 Å². The normalized spacial score (nSPS) is 13.6. The van der Waals surface area contributed by atoms with Crippen LogP contribution in [0.1, 0.15) is 38.2 Å². The number of hydrogen-bond acceptors (Lipinski definition) is 2. The molecule has 1 amide bonds. The van der Waals surface area contributed by atoms with E-state index in [2.05, 4.69) is 6.92 Å². The minimum atomic E-state index is -0.527. The summed E-state index contributed by atoms with van der Waals surface area (Å²) in [6.45, 7) is 4.15. The smallest absolute Gasteiger partial charge is 0.236 e. The summed E-state index contributed by atoms with van der Waals surface area (Å²) < 4.78 is 0. The summed E-state index contributed by atoms with van der Waals surface area (Å²) >= 11 is 5.08. The van der Waals surface area contributed by atoms with Crippen molar-refractivity contribution in [1.82, 2.24) is 4.90 Å². The molecule has 0 aliphatic carbocycles. The Kier molecular flexibility index (Phi) is 5.96. The molecule has 0 aliphatic heterocycles. The Morgan fingerprint density at radius 1 is 1.37 bits per heavy atom. The number of amides is 1. The van der Waals surface area contributed by atoms with Crippen molar-refractivity contribution in [3.05, 3.63) is 35.9 Å². The van der Waals surface area contributed by atoms with E-state index in [1.807, 2.05) is 44.3 Å². The standard InChI is InChI=1S/C15H22N2OS/c1-4-8-11(2)17(3)15(18)13(14(16)19)12-9-6-5-7-10-12/h5-7,9-11,13H,4,8H2,1-3H3,(H2,16,19). The van der Waals surface area contributed by atoms with Gasteiger partial charge in [-0.05, 0) is 18.9 Å². The molecule has 2 atom stereocenters. The van der Waals surface area contributed by atoms with Gasteiger partial charge in [0.15, 0.2) is 0 Å². The maximum absolute atomic E-state index is 12.6. The molecule has 0 aromatic heterocycles. The zero-order valence-corrected chi connectivity index (χ0v) is 12.6. The summed E-state index contributed by atoms with van der Waals surface area (Å²) in [5, 5.41) is 0. The Labute approximate surface area is 120 Å². The molecule has 3 nitrogen and oxygen atoms in total. The Bertz CT molecular complexity index is 433. The predicted octanol–water partition coefficient (Wildman–Crippen LogP) is 2.70. The summed E-state index contributed by atoms with van der Waals surface area (Å²) in [7, 11) is 1.82. The molecule has 0 fully saturated rings. The fraction of sp³-hybridized carbons (Fsp3) is 0.467. The second-order valence-electron chi connectivity index (χ2n) is 4.83. The van der Waals surface area contributed by atoms with Crippen molar-refractivity contribution in [1.29, 1.82) is 0 Å². The lowest BCUT2D eigenvalue weighted by atomic mass is 9.97. The zero-order chi connectivity index (χ0) is 14.4. The van der Waals surface area contributed by atoms with E-state index in [4.69, 9.17) is 18.0 Å². The molecule has 0 aliphatic rings. The molecule has 0 radical (unpaired) electrons. The topological polar surface area (TPSA) is 46.3 Å². The molecule has 104 valence electrons. The monoisotopic (exact) mass is 278 g/mol. The molecular formula is C15H22N2OS. The van der Waals surface area contributed by atoms with Gasteiger partial charge in [-0.1, -0.05) is 55.9 Å². The summed E-state index contributed by atoms with van der Waals surface area (Å²) in [4.78, 5) is 14.5. The van der Waals surface area contributed by atoms with E-state index in [1.165, 1.54) is 0 Å². The largest absolute Gasteiger partial charge is 0.392 e. The van der Waals surface area contributed by atoms with Crippen molar-refractivity contribution in [3.8, 4) is 0 Å². The maximum Gasteiger partial charge on any atom is 0.236 e. The van der Waals surface area contributed by atoms with E-state index in [9.17, 15) is 4.79 Å². The third kappa shape index (κ3) is 4.03. The van der Waals surface area contributed by atoms with Gasteiger partial charge in [0.2, 0.25) is 5.91 Å². The van der Waals surface area contributed by atoms with Crippen LogP contribution >= 0.6 is 12.2 Å². The van der Waals surface area contributed by atoms with Crippen LogP contribution in [0, 0.1) is 0 Å². The predicted molar refractivity (Wildman–Crippen MR) is 83.1 cm³/mol. The van der Waals surface area contributed by atoms with E-state index < -0.39 is 5.92 Å². The maximum atomic E-state index is 12.6. The third-order valence-corrected chi connectivity index (χ3v) is 3.62. The van der Waals surface area contributed by atoms with Gasteiger partial charge in [-0.15, -0.1) is 0 Å². The lowest BCUT2D eigenvalue weighted by Gasteiger charge is -2.28. The number of carbonyl (C=O) groups is 1. The van der Waals surface area contributed by atoms with Crippen LogP contribution in [-0.4, -0.2) is 28.9 Å². The first-order chi connectivity index (χ1) is 8.99. The Morgan fingerprint density at radius 2 is 1.95 bits per heavy atom. The van der Waals surface area contributed by atoms with E-state index in [1.54, 1.807) is 4.90 Å². The molecule has 19 heavy (non-hydrogen) atoms. The molecule has 1 rings (SSSR count). The van der Waals surface area contributed by atoms with Crippen molar-refractivity contribution < 1.29 is 4.79 Å². The van der Waals surface area contributed by atoms with Crippen LogP contribution in [0.5, 0.6) is 0 Å². The number of nitrogens with zero attached hydrogens (tertiary/aromatic N) is 1. The van der Waals surface area contributed by atoms with Crippen LogP contribution in [0.2, 0.25) is 0 Å². The molecule has 0 saturated heterocycles. The Balaban J connectivity index is 2.95. The van der Waals surface area contributed by atoms with Crippen LogP contribution in [0.15, 0.2) is 30.3 Å². The lowest BCUT2D eigenvalue weighted by molar-refractivity contribution is -0.131. The highest BCUT2D eigenvalue weighted by Gasteiger charge is 2.28. The molecule has 4 heteroatoms. The number of hydrogen-bond donors (Lipinski definition) is 1. The number of nitrogens with two attached hydrogens (primary N) is 1. The lowest BCUT2D eigenvalue weighted by Crippen LogP contribution is -2.42. The third-order valence-electron chi connectivity index (χ3n) is 3.38. The van der Waals surface area contributed by atoms with Crippen LogP contribution < -0.4 is 5.73 Å². The van der Waals surface area contributed by atoms with Gasteiger partial charge in [0.05, 0.1) is 4.99 Å². The Hall–Kier alpha value is -1.42. The van der Waals surface area contributed by atoms with Crippen molar-refractivity contribution in [2.24, 2.45) is 5.73 Å². The fourth-order valence-electron chi connectivity index (χ4n) is 2.11. The zero-order valence-electron chi connectivity index (χ0n) is 11.8. The van der Waals surface area contributed by atoms with Gasteiger partial charge < -0.3 is 10.6 Å². The van der Waals surface area contributed by atoms with Gasteiger partial charge >= 0.3 is 0 Å². The molecular weight excluding hydrogens is 256 g/mol. The fourth-order valence-corrected chi connectivity index (χ4v) is 2.34. The van der Waals surface area contributed by atoms with Gasteiger partial charge in [0, 0.05) is 13.1 Å². The minimum absolute atomic E-state index is 0.0281. The SMILES string of the molecule is CCCC(C)N(C)C(=O)C(C(N)=S)c1ccccc1. The summed E-state index contributed by atoms with van der Waals surface area (Å²) in [5.41, 5.74) is 6.62. The number of rotatable bonds is 6. The first-order valence-electron chi connectivity index (χ1n) is 6.60. The van der Waals surface area contributed by atoms with Crippen LogP contribution in [0.3, 0.4) is 0 Å². The highest BCUT2D eigenvalue weighted by molar-refractivity contribution is 7.80. The van der Waals surface area contributed by atoms with Gasteiger partial charge in [-0.25, -0.2) is 0 Å². The molecule has 0 saturated carbocycles. The first-order valence-corrected chi connectivity index (χ1v) is 7.00. The quantitative estimate of drug-likeness (QED) is 0.814. The number of carbonyl (C=O) groups excluding carboxylic acids is 1. The van der Waals surface area contributed by atoms with Crippen molar-refractivity contribution in [2.45, 2.75) is 38.6 Å². The van der Waals surface area contributed by atoms with Crippen molar-refractivity contribution in [2.75, 3.05) is 7.05 Å². The van der Waals surface area contributed by atoms with Crippen molar-refractivity contribution >= 4 is 23.1 Å². The number of benzene rings is 1. The Morgan fingerprint density at radius 3 is 2.42 bits per heavy atom. The summed E-state index contributed by atoms with van der Waals surface area (Å²) in [6.07, 6.45) is 2.02. The summed E-state index contributed by atoms with van der Waals surface area (Å²) in [5.74, 6) is -0.555. The van der Waals surface area contributed by atoms with Crippen molar-refractivity contribution in [3.63, 3.8) is 0 Å². The number of likely N-dealkylation sites (N-methyl/N-ethyl adjacent to an activating group) is 1. The average molecular weight is 278 g/mol. The van der Waals surface area contributed by atoms with Gasteiger partial charge in [-0.2, -0.15) is 0 Å². The van der Waals surface area contributed by atoms with Gasteiger partial charge in [0.1, 0.15) is 5.92 Å². The second-order valence-corrected chi connectivity index (χ2v) is 5.30. The second kappa shape index (κ2) is 7.24. The highest BCUT2D eigenvalue weighted by Crippen LogP contribution is 2.20. The minimum Gasteiger partial charge on any atom is -0.392 e. The number of thiocarbonyl (C=S) groups is 1. The van der Waals surface area contributed by atoms with Gasteiger partial charge in [0.25, 0.3) is 0 Å². The molecule has 2 N–H and O–H groups in total. The molecule has 0 bridgehead atoms. The van der Waals surface area contributed by atoms with E-state index in [0.29, 0.717) is 0 Å². The average Bonchev–Trinajstić information content (AvgIpc) is 2.39. The molecule has 1 aromatic rings. The van der Waals surface area contributed by atoms with E-state index in [-0.39, 0.29) is 16.9 Å². The van der Waals surface area contributed by atoms with Crippen LogP contribution in [-0.2, 0) is 4.79 Å². The first kappa shape index (κ1) is 15.6. The summed E-state index contributed by atoms with van der Waals surface area (Å²) in [6, 6.07) is 9.67.